The first-order valence-electron chi connectivity index (χ1n) is 5.24. The molecule has 0 unspecified atom stereocenters. The van der Waals surface area contributed by atoms with E-state index < -0.39 is 0 Å². The minimum atomic E-state index is 0.705. The predicted molar refractivity (Wildman–Crippen MR) is 64.3 cm³/mol. The van der Waals surface area contributed by atoms with Crippen LogP contribution in [0, 0.1) is 6.92 Å². The van der Waals surface area contributed by atoms with Gasteiger partial charge in [-0.05, 0) is 6.92 Å². The Bertz CT molecular complexity index is 693. The zero-order valence-electron chi connectivity index (χ0n) is 9.62. The van der Waals surface area contributed by atoms with E-state index in [1.807, 2.05) is 20.2 Å². The summed E-state index contributed by atoms with van der Waals surface area (Å²) in [6, 6.07) is 0. The normalized spacial score (nSPS) is 11.2. The summed E-state index contributed by atoms with van der Waals surface area (Å²) < 4.78 is 3.43. The second-order valence-electron chi connectivity index (χ2n) is 4.01. The molecule has 6 nitrogen and oxygen atoms in total. The van der Waals surface area contributed by atoms with E-state index in [9.17, 15) is 0 Å². The van der Waals surface area contributed by atoms with Gasteiger partial charge in [0, 0.05) is 24.4 Å². The number of nitrogens with zero attached hydrogens (tertiary/aromatic N) is 5. The summed E-state index contributed by atoms with van der Waals surface area (Å²) in [6.07, 6.45) is 7.04. The van der Waals surface area contributed by atoms with Crippen molar-refractivity contribution in [1.29, 1.82) is 0 Å². The van der Waals surface area contributed by atoms with Crippen LogP contribution in [0.1, 0.15) is 5.56 Å². The van der Waals surface area contributed by atoms with Crippen LogP contribution >= 0.6 is 0 Å². The van der Waals surface area contributed by atoms with Crippen molar-refractivity contribution >= 4 is 11.2 Å². The number of aromatic nitrogens is 5. The molecule has 0 saturated heterocycles. The molecule has 0 bridgehead atoms. The number of hydrogen-bond donors (Lipinski definition) is 1. The highest BCUT2D eigenvalue weighted by Crippen LogP contribution is 2.26. The molecule has 3 rings (SSSR count). The molecule has 0 aliphatic heterocycles. The molecule has 0 aliphatic rings. The number of fused-ring (bicyclic) bond motifs is 1. The van der Waals surface area contributed by atoms with Crippen LogP contribution in [-0.2, 0) is 7.05 Å². The lowest BCUT2D eigenvalue weighted by atomic mass is 10.1. The average Bonchev–Trinajstić information content (AvgIpc) is 2.91. The highest BCUT2D eigenvalue weighted by Gasteiger charge is 2.12. The van der Waals surface area contributed by atoms with Crippen molar-refractivity contribution in [1.82, 2.24) is 24.4 Å². The molecule has 0 aliphatic carbocycles. The Morgan fingerprint density at radius 1 is 1.29 bits per heavy atom. The first kappa shape index (κ1) is 9.83. The van der Waals surface area contributed by atoms with Gasteiger partial charge >= 0.3 is 0 Å². The highest BCUT2D eigenvalue weighted by atomic mass is 15.3. The molecule has 2 N–H and O–H groups in total. The summed E-state index contributed by atoms with van der Waals surface area (Å²) in [4.78, 5) is 4.04. The van der Waals surface area contributed by atoms with E-state index in [0.29, 0.717) is 5.69 Å². The first-order chi connectivity index (χ1) is 8.16. The molecule has 17 heavy (non-hydrogen) atoms. The summed E-state index contributed by atoms with van der Waals surface area (Å²) in [6.45, 7) is 1.96. The van der Waals surface area contributed by atoms with Crippen LogP contribution in [0.5, 0.6) is 0 Å². The van der Waals surface area contributed by atoms with Gasteiger partial charge in [0.05, 0.1) is 23.8 Å². The largest absolute Gasteiger partial charge is 0.397 e. The van der Waals surface area contributed by atoms with Crippen LogP contribution < -0.4 is 5.73 Å². The van der Waals surface area contributed by atoms with E-state index in [0.717, 1.165) is 22.3 Å². The summed E-state index contributed by atoms with van der Waals surface area (Å²) in [5, 5.41) is 8.64. The Morgan fingerprint density at radius 2 is 2.12 bits per heavy atom. The number of nitrogens with two attached hydrogens (primary N) is 1. The Kier molecular flexibility index (Phi) is 1.91. The van der Waals surface area contributed by atoms with Gasteiger partial charge < -0.3 is 5.73 Å². The van der Waals surface area contributed by atoms with Gasteiger partial charge in [-0.2, -0.15) is 10.2 Å². The van der Waals surface area contributed by atoms with Gasteiger partial charge in [0.2, 0.25) is 0 Å². The lowest BCUT2D eigenvalue weighted by Gasteiger charge is -2.07. The fourth-order valence-corrected chi connectivity index (χ4v) is 1.88. The summed E-state index contributed by atoms with van der Waals surface area (Å²) in [7, 11) is 1.87. The minimum Gasteiger partial charge on any atom is -0.397 e. The van der Waals surface area contributed by atoms with Crippen molar-refractivity contribution in [3.05, 3.63) is 30.5 Å². The van der Waals surface area contributed by atoms with Crippen LogP contribution in [0.4, 0.5) is 5.69 Å². The van der Waals surface area contributed by atoms with Gasteiger partial charge in [0.1, 0.15) is 11.8 Å². The van der Waals surface area contributed by atoms with Crippen molar-refractivity contribution in [3.63, 3.8) is 0 Å². The van der Waals surface area contributed by atoms with Crippen LogP contribution in [0.15, 0.2) is 24.9 Å². The summed E-state index contributed by atoms with van der Waals surface area (Å²) in [5.74, 6) is 0. The monoisotopic (exact) mass is 228 g/mol. The molecule has 0 fully saturated rings. The standard InChI is InChI=1S/C11H12N6/c1-7-10(12)9-4-13-6-17(9)15-11(7)8-3-14-16(2)5-8/h3-6H,12H2,1-2H3. The zero-order chi connectivity index (χ0) is 12.0. The van der Waals surface area contributed by atoms with Crippen LogP contribution in [0.2, 0.25) is 0 Å². The van der Waals surface area contributed by atoms with Crippen molar-refractivity contribution in [3.8, 4) is 11.3 Å². The van der Waals surface area contributed by atoms with Crippen molar-refractivity contribution in [2.24, 2.45) is 7.05 Å². The maximum Gasteiger partial charge on any atom is 0.117 e. The zero-order valence-corrected chi connectivity index (χ0v) is 9.62. The third-order valence-corrected chi connectivity index (χ3v) is 2.84. The molecule has 3 aromatic heterocycles. The fraction of sp³-hybridized carbons (Fsp3) is 0.182. The maximum atomic E-state index is 6.08. The molecule has 3 heterocycles. The lowest BCUT2D eigenvalue weighted by molar-refractivity contribution is 0.768. The molecule has 0 saturated carbocycles. The van der Waals surface area contributed by atoms with Gasteiger partial charge in [0.15, 0.2) is 0 Å². The molecule has 0 atom stereocenters. The molecule has 86 valence electrons. The second-order valence-corrected chi connectivity index (χ2v) is 4.01. The van der Waals surface area contributed by atoms with E-state index >= 15 is 0 Å². The third-order valence-electron chi connectivity index (χ3n) is 2.84. The summed E-state index contributed by atoms with van der Waals surface area (Å²) in [5.41, 5.74) is 10.3. The Balaban J connectivity index is 2.32. The van der Waals surface area contributed by atoms with Gasteiger partial charge in [-0.3, -0.25) is 4.68 Å². The van der Waals surface area contributed by atoms with Crippen molar-refractivity contribution in [2.45, 2.75) is 6.92 Å². The third kappa shape index (κ3) is 1.37. The molecule has 0 aromatic carbocycles. The van der Waals surface area contributed by atoms with Crippen LogP contribution in [0.3, 0.4) is 0 Å². The molecule has 0 radical (unpaired) electrons. The first-order valence-corrected chi connectivity index (χ1v) is 5.24. The molecule has 0 spiro atoms. The average molecular weight is 228 g/mol. The number of rotatable bonds is 1. The van der Waals surface area contributed by atoms with Crippen LogP contribution in [0.25, 0.3) is 16.8 Å². The Hall–Kier alpha value is -2.37. The number of aryl methyl sites for hydroxylation is 1. The van der Waals surface area contributed by atoms with Gasteiger partial charge in [-0.15, -0.1) is 0 Å². The minimum absolute atomic E-state index is 0.705. The number of hydrogen-bond acceptors (Lipinski definition) is 4. The fourth-order valence-electron chi connectivity index (χ4n) is 1.88. The predicted octanol–water partition coefficient (Wildman–Crippen LogP) is 1.02. The summed E-state index contributed by atoms with van der Waals surface area (Å²) >= 11 is 0. The quantitative estimate of drug-likeness (QED) is 0.674. The van der Waals surface area contributed by atoms with E-state index in [1.165, 1.54) is 0 Å². The highest BCUT2D eigenvalue weighted by molar-refractivity contribution is 5.78. The number of anilines is 1. The van der Waals surface area contributed by atoms with E-state index in [2.05, 4.69) is 15.2 Å². The number of imidazole rings is 1. The van der Waals surface area contributed by atoms with Crippen molar-refractivity contribution in [2.75, 3.05) is 5.73 Å². The molecule has 0 amide bonds. The molecule has 3 aromatic rings. The molecular formula is C11H12N6. The Labute approximate surface area is 97.7 Å². The smallest absolute Gasteiger partial charge is 0.117 e. The van der Waals surface area contributed by atoms with Crippen LogP contribution in [-0.4, -0.2) is 24.4 Å². The van der Waals surface area contributed by atoms with Gasteiger partial charge in [-0.25, -0.2) is 9.50 Å². The molecular weight excluding hydrogens is 216 g/mol. The van der Waals surface area contributed by atoms with E-state index in [-0.39, 0.29) is 0 Å². The number of nitrogen functional groups attached to an aromatic ring is 1. The second kappa shape index (κ2) is 3.31. The Morgan fingerprint density at radius 3 is 2.82 bits per heavy atom. The van der Waals surface area contributed by atoms with Gasteiger partial charge in [-0.1, -0.05) is 0 Å². The molecule has 6 heteroatoms. The maximum absolute atomic E-state index is 6.08. The van der Waals surface area contributed by atoms with E-state index in [4.69, 9.17) is 5.73 Å². The SMILES string of the molecule is Cc1c(-c2cnn(C)c2)nn2cncc2c1N. The van der Waals surface area contributed by atoms with Crippen molar-refractivity contribution < 1.29 is 0 Å². The van der Waals surface area contributed by atoms with E-state index in [1.54, 1.807) is 27.9 Å². The van der Waals surface area contributed by atoms with Gasteiger partial charge in [0.25, 0.3) is 0 Å². The lowest BCUT2D eigenvalue weighted by Crippen LogP contribution is -2.02. The topological polar surface area (TPSA) is 74.0 Å².